The maximum atomic E-state index is 13.6. The summed E-state index contributed by atoms with van der Waals surface area (Å²) in [4.78, 5) is 3.90. The Kier molecular flexibility index (Phi) is 3.78. The van der Waals surface area contributed by atoms with Crippen LogP contribution in [0.15, 0.2) is 17.3 Å². The van der Waals surface area contributed by atoms with Crippen LogP contribution in [0.5, 0.6) is 0 Å². The molecule has 0 aliphatic carbocycles. The Morgan fingerprint density at radius 3 is 2.35 bits per heavy atom. The number of nitrogens with one attached hydrogen (secondary N) is 1. The lowest BCUT2D eigenvalue weighted by molar-refractivity contribution is 0.459. The third-order valence-corrected chi connectivity index (χ3v) is 4.73. The topological polar surface area (TPSA) is 64.0 Å². The molecule has 1 aromatic carbocycles. The average molecular weight is 349 g/mol. The van der Waals surface area contributed by atoms with Gasteiger partial charge in [-0.2, -0.15) is 8.42 Å². The minimum atomic E-state index is -4.48. The highest BCUT2D eigenvalue weighted by Gasteiger charge is 2.27. The van der Waals surface area contributed by atoms with E-state index in [1.165, 1.54) is 10.9 Å². The third kappa shape index (κ3) is 2.78. The van der Waals surface area contributed by atoms with Gasteiger partial charge in [-0.1, -0.05) is 0 Å². The summed E-state index contributed by atoms with van der Waals surface area (Å²) in [6.07, 6.45) is 3.51. The van der Waals surface area contributed by atoms with Crippen molar-refractivity contribution in [1.29, 1.82) is 0 Å². The first-order chi connectivity index (χ1) is 10.8. The van der Waals surface area contributed by atoms with Crippen molar-refractivity contribution in [3.63, 3.8) is 0 Å². The average Bonchev–Trinajstić information content (AvgIpc) is 2.94. The van der Waals surface area contributed by atoms with Crippen LogP contribution >= 0.6 is 0 Å². The summed E-state index contributed by atoms with van der Waals surface area (Å²) in [6, 6.07) is -0.00219. The highest BCUT2D eigenvalue weighted by atomic mass is 32.2. The van der Waals surface area contributed by atoms with Gasteiger partial charge in [0.1, 0.15) is 11.5 Å². The number of hydrogen-bond acceptors (Lipinski definition) is 3. The zero-order valence-electron chi connectivity index (χ0n) is 11.6. The van der Waals surface area contributed by atoms with Gasteiger partial charge < -0.3 is 4.57 Å². The SMILES string of the molecule is O=S(=O)(Nc1c(F)c(F)cc(F)c1F)c1cn2c(n1)CCCC2. The molecule has 23 heavy (non-hydrogen) atoms. The van der Waals surface area contributed by atoms with E-state index in [9.17, 15) is 26.0 Å². The van der Waals surface area contributed by atoms with Crippen LogP contribution in [0.3, 0.4) is 0 Å². The molecule has 0 bridgehead atoms. The van der Waals surface area contributed by atoms with Crippen molar-refractivity contribution in [2.45, 2.75) is 30.8 Å². The lowest BCUT2D eigenvalue weighted by atomic mass is 10.2. The molecule has 0 unspecified atom stereocenters. The standard InChI is InChI=1S/C13H11F4N3O2S/c14-7-5-8(15)12(17)13(11(7)16)19-23(21,22)10-6-20-4-2-1-3-9(20)18-10/h5-6,19H,1-4H2. The van der Waals surface area contributed by atoms with Gasteiger partial charge >= 0.3 is 0 Å². The second-order valence-corrected chi connectivity index (χ2v) is 6.72. The summed E-state index contributed by atoms with van der Waals surface area (Å²) in [6.45, 7) is 0.579. The Bertz CT molecular complexity index is 830. The number of aryl methyl sites for hydroxylation is 2. The first-order valence-electron chi connectivity index (χ1n) is 6.71. The van der Waals surface area contributed by atoms with Crippen LogP contribution in [0.1, 0.15) is 18.7 Å². The number of nitrogens with zero attached hydrogens (tertiary/aromatic N) is 2. The maximum absolute atomic E-state index is 13.6. The highest BCUT2D eigenvalue weighted by Crippen LogP contribution is 2.27. The molecular weight excluding hydrogens is 338 g/mol. The predicted octanol–water partition coefficient (Wildman–Crippen LogP) is 2.58. The second-order valence-electron chi connectivity index (χ2n) is 5.09. The number of aromatic nitrogens is 2. The Labute approximate surface area is 129 Å². The molecule has 10 heteroatoms. The Morgan fingerprint density at radius 1 is 1.09 bits per heavy atom. The van der Waals surface area contributed by atoms with Crippen LogP contribution in [-0.4, -0.2) is 18.0 Å². The molecule has 124 valence electrons. The van der Waals surface area contributed by atoms with Crippen molar-refractivity contribution in [2.75, 3.05) is 4.72 Å². The van der Waals surface area contributed by atoms with E-state index in [4.69, 9.17) is 0 Å². The van der Waals surface area contributed by atoms with E-state index in [2.05, 4.69) is 4.98 Å². The molecule has 0 saturated carbocycles. The molecule has 5 nitrogen and oxygen atoms in total. The van der Waals surface area contributed by atoms with Crippen molar-refractivity contribution in [3.05, 3.63) is 41.4 Å². The minimum Gasteiger partial charge on any atom is -0.333 e. The van der Waals surface area contributed by atoms with E-state index >= 15 is 0 Å². The van der Waals surface area contributed by atoms with Crippen LogP contribution in [0, 0.1) is 23.3 Å². The number of benzene rings is 1. The molecule has 0 atom stereocenters. The fraction of sp³-hybridized carbons (Fsp3) is 0.308. The van der Waals surface area contributed by atoms with Gasteiger partial charge in [-0.25, -0.2) is 22.5 Å². The van der Waals surface area contributed by atoms with Crippen molar-refractivity contribution < 1.29 is 26.0 Å². The fourth-order valence-corrected chi connectivity index (χ4v) is 3.41. The number of halogens is 4. The first kappa shape index (κ1) is 15.8. The van der Waals surface area contributed by atoms with Gasteiger partial charge in [0.05, 0.1) is 0 Å². The smallest absolute Gasteiger partial charge is 0.281 e. The van der Waals surface area contributed by atoms with Crippen LogP contribution in [-0.2, 0) is 23.0 Å². The van der Waals surface area contributed by atoms with Gasteiger partial charge in [0.2, 0.25) is 0 Å². The highest BCUT2D eigenvalue weighted by molar-refractivity contribution is 7.92. The first-order valence-corrected chi connectivity index (χ1v) is 8.20. The van der Waals surface area contributed by atoms with Gasteiger partial charge in [-0.3, -0.25) is 4.72 Å². The molecule has 2 heterocycles. The normalized spacial score (nSPS) is 14.6. The molecule has 1 aliphatic rings. The number of rotatable bonds is 3. The van der Waals surface area contributed by atoms with Crippen LogP contribution < -0.4 is 4.72 Å². The molecule has 0 radical (unpaired) electrons. The molecule has 1 N–H and O–H groups in total. The monoisotopic (exact) mass is 349 g/mol. The summed E-state index contributed by atoms with van der Waals surface area (Å²) in [5.74, 6) is -6.52. The van der Waals surface area contributed by atoms with Crippen molar-refractivity contribution >= 4 is 15.7 Å². The fourth-order valence-electron chi connectivity index (χ4n) is 2.37. The van der Waals surface area contributed by atoms with Crippen molar-refractivity contribution in [2.24, 2.45) is 0 Å². The molecule has 2 aromatic rings. The molecule has 0 fully saturated rings. The van der Waals surface area contributed by atoms with Gasteiger partial charge in [0.25, 0.3) is 10.0 Å². The molecule has 3 rings (SSSR count). The van der Waals surface area contributed by atoms with E-state index in [-0.39, 0.29) is 6.07 Å². The van der Waals surface area contributed by atoms with E-state index in [0.29, 0.717) is 18.8 Å². The van der Waals surface area contributed by atoms with E-state index < -0.39 is 44.0 Å². The molecule has 1 aromatic heterocycles. The summed E-state index contributed by atoms with van der Waals surface area (Å²) < 4.78 is 81.0. The Morgan fingerprint density at radius 2 is 1.74 bits per heavy atom. The second kappa shape index (κ2) is 5.52. The number of anilines is 1. The molecule has 0 spiro atoms. The number of hydrogen-bond donors (Lipinski definition) is 1. The number of sulfonamides is 1. The summed E-state index contributed by atoms with van der Waals surface area (Å²) in [7, 11) is -4.48. The third-order valence-electron chi connectivity index (χ3n) is 3.51. The Hall–Kier alpha value is -2.10. The zero-order valence-corrected chi connectivity index (χ0v) is 12.4. The zero-order chi connectivity index (χ0) is 16.8. The summed E-state index contributed by atoms with van der Waals surface area (Å²) >= 11 is 0. The lowest BCUT2D eigenvalue weighted by Gasteiger charge is -2.11. The van der Waals surface area contributed by atoms with Gasteiger partial charge in [0.15, 0.2) is 28.3 Å². The maximum Gasteiger partial charge on any atom is 0.281 e. The number of imidazole rings is 1. The van der Waals surface area contributed by atoms with Crippen LogP contribution in [0.4, 0.5) is 23.2 Å². The van der Waals surface area contributed by atoms with E-state index in [0.717, 1.165) is 12.8 Å². The Balaban J connectivity index is 2.01. The molecule has 0 amide bonds. The molecule has 0 saturated heterocycles. The summed E-state index contributed by atoms with van der Waals surface area (Å²) in [5, 5.41) is -0.460. The predicted molar refractivity (Wildman–Crippen MR) is 72.2 cm³/mol. The number of fused-ring (bicyclic) bond motifs is 1. The molecular formula is C13H11F4N3O2S. The molecule has 1 aliphatic heterocycles. The van der Waals surface area contributed by atoms with Crippen LogP contribution in [0.2, 0.25) is 0 Å². The van der Waals surface area contributed by atoms with E-state index in [1.807, 2.05) is 0 Å². The van der Waals surface area contributed by atoms with Gasteiger partial charge in [-0.15, -0.1) is 0 Å². The van der Waals surface area contributed by atoms with Gasteiger partial charge in [-0.05, 0) is 12.8 Å². The lowest BCUT2D eigenvalue weighted by Crippen LogP contribution is -2.17. The van der Waals surface area contributed by atoms with Crippen molar-refractivity contribution in [3.8, 4) is 0 Å². The van der Waals surface area contributed by atoms with Crippen LogP contribution in [0.25, 0.3) is 0 Å². The largest absolute Gasteiger partial charge is 0.333 e. The van der Waals surface area contributed by atoms with Crippen molar-refractivity contribution in [1.82, 2.24) is 9.55 Å². The minimum absolute atomic E-state index is 0.00219. The van der Waals surface area contributed by atoms with Gasteiger partial charge in [0, 0.05) is 25.2 Å². The quantitative estimate of drug-likeness (QED) is 0.684. The van der Waals surface area contributed by atoms with E-state index in [1.54, 1.807) is 4.57 Å². The summed E-state index contributed by atoms with van der Waals surface area (Å²) in [5.41, 5.74) is -1.41.